The van der Waals surface area contributed by atoms with Crippen LogP contribution in [-0.2, 0) is 0 Å². The van der Waals surface area contributed by atoms with Gasteiger partial charge < -0.3 is 4.74 Å². The molecule has 0 spiro atoms. The highest BCUT2D eigenvalue weighted by Gasteiger charge is 2.14. The minimum Gasteiger partial charge on any atom is -0.496 e. The molecule has 1 heterocycles. The lowest BCUT2D eigenvalue weighted by Crippen LogP contribution is -1.95. The summed E-state index contributed by atoms with van der Waals surface area (Å²) in [4.78, 5) is 15.3. The summed E-state index contributed by atoms with van der Waals surface area (Å²) in [7, 11) is 1.57. The van der Waals surface area contributed by atoms with Crippen molar-refractivity contribution >= 4 is 61.9 Å². The number of pyridine rings is 1. The number of rotatable bonds is 2. The zero-order valence-corrected chi connectivity index (χ0v) is 12.3. The second kappa shape index (κ2) is 4.96. The average Bonchev–Trinajstić information content (AvgIpc) is 2.28. The Balaban J connectivity index is 2.80. The zero-order valence-electron chi connectivity index (χ0n) is 8.63. The molecule has 0 N–H and O–H groups in total. The summed E-state index contributed by atoms with van der Waals surface area (Å²) in [5.41, 5.74) is 0.894. The second-order valence-corrected chi connectivity index (χ2v) is 5.15. The molecular formula is C11H6Cl2INO2. The van der Waals surface area contributed by atoms with Crippen molar-refractivity contribution in [2.24, 2.45) is 0 Å². The molecule has 0 aliphatic rings. The van der Waals surface area contributed by atoms with Gasteiger partial charge in [0.25, 0.3) is 5.24 Å². The predicted molar refractivity (Wildman–Crippen MR) is 76.2 cm³/mol. The Kier molecular flexibility index (Phi) is 3.75. The number of carbonyl (C=O) groups is 1. The number of hydrogen-bond acceptors (Lipinski definition) is 3. The van der Waals surface area contributed by atoms with Crippen LogP contribution in [0.3, 0.4) is 0 Å². The molecule has 0 aliphatic heterocycles. The van der Waals surface area contributed by atoms with E-state index in [0.29, 0.717) is 21.7 Å². The quantitative estimate of drug-likeness (QED) is 0.585. The Bertz CT molecular complexity index is 616. The third-order valence-corrected chi connectivity index (χ3v) is 3.74. The monoisotopic (exact) mass is 381 g/mol. The van der Waals surface area contributed by atoms with Gasteiger partial charge in [0.05, 0.1) is 26.8 Å². The van der Waals surface area contributed by atoms with Crippen LogP contribution in [0.25, 0.3) is 10.9 Å². The van der Waals surface area contributed by atoms with Crippen LogP contribution in [-0.4, -0.2) is 17.3 Å². The molecule has 0 unspecified atom stereocenters. The minimum absolute atomic E-state index is 0.198. The standard InChI is InChI=1S/C11H6Cl2INO2/c1-17-9-2-5-8(3-7(9)14)15-4-6(10(5)12)11(13)16/h2-4H,1H3. The average molecular weight is 382 g/mol. The molecule has 0 amide bonds. The van der Waals surface area contributed by atoms with E-state index < -0.39 is 5.24 Å². The molecule has 2 aromatic rings. The number of methoxy groups -OCH3 is 1. The molecule has 1 aromatic heterocycles. The Morgan fingerprint density at radius 1 is 1.47 bits per heavy atom. The van der Waals surface area contributed by atoms with Gasteiger partial charge in [-0.05, 0) is 46.3 Å². The third kappa shape index (κ3) is 2.34. The van der Waals surface area contributed by atoms with E-state index in [1.165, 1.54) is 6.20 Å². The minimum atomic E-state index is -0.623. The Labute approximate surface area is 121 Å². The number of fused-ring (bicyclic) bond motifs is 1. The van der Waals surface area contributed by atoms with Crippen LogP contribution in [0, 0.1) is 3.57 Å². The van der Waals surface area contributed by atoms with Crippen molar-refractivity contribution in [1.29, 1.82) is 0 Å². The maximum atomic E-state index is 11.1. The Morgan fingerprint density at radius 3 is 2.76 bits per heavy atom. The van der Waals surface area contributed by atoms with Gasteiger partial charge in [0, 0.05) is 11.6 Å². The third-order valence-electron chi connectivity index (χ3n) is 2.29. The fourth-order valence-corrected chi connectivity index (χ4v) is 2.60. The van der Waals surface area contributed by atoms with E-state index in [1.807, 2.05) is 6.07 Å². The van der Waals surface area contributed by atoms with E-state index in [1.54, 1.807) is 13.2 Å². The van der Waals surface area contributed by atoms with E-state index in [9.17, 15) is 4.79 Å². The van der Waals surface area contributed by atoms with Gasteiger partial charge in [0.1, 0.15) is 5.75 Å². The number of aromatic nitrogens is 1. The first kappa shape index (κ1) is 12.9. The van der Waals surface area contributed by atoms with E-state index in [4.69, 9.17) is 27.9 Å². The van der Waals surface area contributed by atoms with Crippen LogP contribution >= 0.6 is 45.8 Å². The van der Waals surface area contributed by atoms with Crippen LogP contribution < -0.4 is 4.74 Å². The van der Waals surface area contributed by atoms with Crippen molar-refractivity contribution in [2.75, 3.05) is 7.11 Å². The van der Waals surface area contributed by atoms with E-state index in [0.717, 1.165) is 3.57 Å². The molecule has 17 heavy (non-hydrogen) atoms. The molecule has 2 rings (SSSR count). The maximum absolute atomic E-state index is 11.1. The normalized spacial score (nSPS) is 10.6. The number of hydrogen-bond donors (Lipinski definition) is 0. The SMILES string of the molecule is COc1cc2c(Cl)c(C(=O)Cl)cnc2cc1I. The fourth-order valence-electron chi connectivity index (χ4n) is 1.45. The van der Waals surface area contributed by atoms with Gasteiger partial charge in [-0.3, -0.25) is 9.78 Å². The fraction of sp³-hybridized carbons (Fsp3) is 0.0909. The summed E-state index contributed by atoms with van der Waals surface area (Å²) >= 11 is 13.7. The van der Waals surface area contributed by atoms with Crippen molar-refractivity contribution in [3.63, 3.8) is 0 Å². The van der Waals surface area contributed by atoms with Crippen molar-refractivity contribution in [2.45, 2.75) is 0 Å². The lowest BCUT2D eigenvalue weighted by Gasteiger charge is -2.08. The highest BCUT2D eigenvalue weighted by atomic mass is 127. The number of nitrogens with zero attached hydrogens (tertiary/aromatic N) is 1. The molecule has 88 valence electrons. The Morgan fingerprint density at radius 2 is 2.18 bits per heavy atom. The number of benzene rings is 1. The number of ether oxygens (including phenoxy) is 1. The Hall–Kier alpha value is -0.590. The lowest BCUT2D eigenvalue weighted by molar-refractivity contribution is 0.108. The van der Waals surface area contributed by atoms with Crippen molar-refractivity contribution < 1.29 is 9.53 Å². The molecule has 0 fully saturated rings. The summed E-state index contributed by atoms with van der Waals surface area (Å²) in [6.07, 6.45) is 1.38. The first-order valence-corrected chi connectivity index (χ1v) is 6.39. The maximum Gasteiger partial charge on any atom is 0.255 e. The van der Waals surface area contributed by atoms with Crippen molar-refractivity contribution in [3.8, 4) is 5.75 Å². The van der Waals surface area contributed by atoms with Crippen LogP contribution in [0.2, 0.25) is 5.02 Å². The van der Waals surface area contributed by atoms with Gasteiger partial charge in [-0.15, -0.1) is 0 Å². The van der Waals surface area contributed by atoms with Crippen LogP contribution in [0.5, 0.6) is 5.75 Å². The highest BCUT2D eigenvalue weighted by Crippen LogP contribution is 2.32. The van der Waals surface area contributed by atoms with Gasteiger partial charge in [-0.2, -0.15) is 0 Å². The lowest BCUT2D eigenvalue weighted by atomic mass is 10.1. The summed E-state index contributed by atoms with van der Waals surface area (Å²) < 4.78 is 6.12. The van der Waals surface area contributed by atoms with Gasteiger partial charge in [0.2, 0.25) is 0 Å². The molecule has 0 aliphatic carbocycles. The van der Waals surface area contributed by atoms with Crippen molar-refractivity contribution in [1.82, 2.24) is 4.98 Å². The molecule has 6 heteroatoms. The summed E-state index contributed by atoms with van der Waals surface area (Å²) in [5.74, 6) is 0.681. The first-order chi connectivity index (χ1) is 8.04. The van der Waals surface area contributed by atoms with E-state index >= 15 is 0 Å². The summed E-state index contributed by atoms with van der Waals surface area (Å²) in [6.45, 7) is 0. The van der Waals surface area contributed by atoms with Crippen LogP contribution in [0.1, 0.15) is 10.4 Å². The van der Waals surface area contributed by atoms with Gasteiger partial charge in [0.15, 0.2) is 0 Å². The van der Waals surface area contributed by atoms with E-state index in [2.05, 4.69) is 27.6 Å². The first-order valence-electron chi connectivity index (χ1n) is 4.56. The zero-order chi connectivity index (χ0) is 12.6. The van der Waals surface area contributed by atoms with Crippen molar-refractivity contribution in [3.05, 3.63) is 32.5 Å². The molecule has 0 atom stereocenters. The van der Waals surface area contributed by atoms with E-state index in [-0.39, 0.29) is 5.56 Å². The van der Waals surface area contributed by atoms with Gasteiger partial charge >= 0.3 is 0 Å². The molecule has 1 aromatic carbocycles. The smallest absolute Gasteiger partial charge is 0.255 e. The highest BCUT2D eigenvalue weighted by molar-refractivity contribution is 14.1. The van der Waals surface area contributed by atoms with Gasteiger partial charge in [-0.25, -0.2) is 0 Å². The molecule has 0 radical (unpaired) electrons. The number of halogens is 3. The molecular weight excluding hydrogens is 376 g/mol. The second-order valence-electron chi connectivity index (χ2n) is 3.26. The molecule has 0 saturated heterocycles. The molecule has 3 nitrogen and oxygen atoms in total. The van der Waals surface area contributed by atoms with Gasteiger partial charge in [-0.1, -0.05) is 11.6 Å². The van der Waals surface area contributed by atoms with Crippen LogP contribution in [0.15, 0.2) is 18.3 Å². The summed E-state index contributed by atoms with van der Waals surface area (Å²) in [5, 5.41) is 0.321. The molecule has 0 bridgehead atoms. The largest absolute Gasteiger partial charge is 0.496 e. The predicted octanol–water partition coefficient (Wildman–Crippen LogP) is 3.88. The summed E-state index contributed by atoms with van der Waals surface area (Å²) in [6, 6.07) is 3.58. The van der Waals surface area contributed by atoms with Crippen LogP contribution in [0.4, 0.5) is 0 Å². The topological polar surface area (TPSA) is 39.2 Å². The molecule has 0 saturated carbocycles. The number of carbonyl (C=O) groups excluding carboxylic acids is 1.